The van der Waals surface area contributed by atoms with Gasteiger partial charge in [0.1, 0.15) is 22.9 Å². The zero-order valence-corrected chi connectivity index (χ0v) is 29.3. The van der Waals surface area contributed by atoms with Crippen molar-refractivity contribution in [2.24, 2.45) is 4.99 Å². The van der Waals surface area contributed by atoms with Crippen LogP contribution in [0.3, 0.4) is 0 Å². The van der Waals surface area contributed by atoms with E-state index in [1.54, 1.807) is 6.07 Å². The summed E-state index contributed by atoms with van der Waals surface area (Å²) in [5.41, 5.74) is 7.66. The van der Waals surface area contributed by atoms with Gasteiger partial charge in [0.15, 0.2) is 0 Å². The lowest BCUT2D eigenvalue weighted by atomic mass is 9.91. The van der Waals surface area contributed by atoms with Crippen molar-refractivity contribution in [3.63, 3.8) is 0 Å². The summed E-state index contributed by atoms with van der Waals surface area (Å²) in [7, 11) is 0. The summed E-state index contributed by atoms with van der Waals surface area (Å²) in [6, 6.07) is 15.1. The van der Waals surface area contributed by atoms with Gasteiger partial charge in [-0.05, 0) is 92.3 Å². The lowest BCUT2D eigenvalue weighted by Gasteiger charge is -2.20. The van der Waals surface area contributed by atoms with Gasteiger partial charge in [0.05, 0.1) is 31.1 Å². The monoisotopic (exact) mass is 672 g/mol. The van der Waals surface area contributed by atoms with Crippen LogP contribution in [0.25, 0.3) is 39.2 Å². The van der Waals surface area contributed by atoms with Gasteiger partial charge in [-0.3, -0.25) is 10.1 Å². The maximum absolute atomic E-state index is 13.5. The number of pyridine rings is 1. The van der Waals surface area contributed by atoms with E-state index in [1.807, 2.05) is 38.1 Å². The van der Waals surface area contributed by atoms with Crippen molar-refractivity contribution in [2.75, 3.05) is 19.8 Å². The third-order valence-electron chi connectivity index (χ3n) is 8.80. The number of unbranched alkanes of at least 4 members (excludes halogenated alkanes) is 6. The molecule has 0 spiro atoms. The molecule has 1 aliphatic rings. The number of nitrogens with zero attached hydrogens (tertiary/aromatic N) is 3. The molecule has 0 fully saturated rings. The highest BCUT2D eigenvalue weighted by Crippen LogP contribution is 2.43. The minimum atomic E-state index is -4.55. The number of allylic oxidation sites excluding steroid dienone is 1. The molecule has 0 radical (unpaired) electrons. The van der Waals surface area contributed by atoms with E-state index in [-0.39, 0.29) is 5.69 Å². The number of aromatic nitrogens is 3. The Morgan fingerprint density at radius 2 is 1.37 bits per heavy atom. The second-order valence-electron chi connectivity index (χ2n) is 12.9. The fraction of sp³-hybridized carbons (Fsp3) is 0.425. The number of benzene rings is 2. The van der Waals surface area contributed by atoms with Crippen LogP contribution in [0.5, 0.6) is 11.5 Å². The van der Waals surface area contributed by atoms with E-state index < -0.39 is 11.9 Å². The first-order valence-electron chi connectivity index (χ1n) is 17.5. The van der Waals surface area contributed by atoms with Crippen LogP contribution in [0, 0.1) is 13.8 Å². The normalized spacial score (nSPS) is 13.1. The Bertz CT molecular complexity index is 1810. The Morgan fingerprint density at radius 3 is 2.00 bits per heavy atom. The van der Waals surface area contributed by atoms with E-state index in [2.05, 4.69) is 54.2 Å². The first kappa shape index (κ1) is 35.9. The standard InChI is InChI=1S/C40H47F3N4O2/c1-6-8-10-12-17-48-35-16-14-15-26(3)38(35)29-19-27(4)39(36(23-29)49-18-13-11-9-7-2)30-21-32(31-20-28(5)44-25-31)45-33(22-30)34-24-37(47-46-34)40(41,42)43/h14-16,19-24H,6-13,17-18,25H2,1-5H3,(H,46,47). The van der Waals surface area contributed by atoms with Crippen LogP contribution in [0.15, 0.2) is 59.6 Å². The van der Waals surface area contributed by atoms with Gasteiger partial charge in [-0.1, -0.05) is 70.6 Å². The van der Waals surface area contributed by atoms with Crippen molar-refractivity contribution in [1.82, 2.24) is 15.2 Å². The average molecular weight is 673 g/mol. The van der Waals surface area contributed by atoms with Crippen molar-refractivity contribution in [3.05, 3.63) is 77.1 Å². The molecule has 5 rings (SSSR count). The van der Waals surface area contributed by atoms with Gasteiger partial charge in [-0.2, -0.15) is 18.3 Å². The Labute approximate surface area is 287 Å². The molecule has 0 amide bonds. The molecule has 6 nitrogen and oxygen atoms in total. The van der Waals surface area contributed by atoms with Crippen LogP contribution < -0.4 is 9.47 Å². The molecule has 2 aromatic heterocycles. The fourth-order valence-corrected chi connectivity index (χ4v) is 6.21. The van der Waals surface area contributed by atoms with E-state index in [4.69, 9.17) is 14.5 Å². The molecule has 2 aromatic carbocycles. The van der Waals surface area contributed by atoms with Crippen molar-refractivity contribution >= 4 is 11.3 Å². The third kappa shape index (κ3) is 8.99. The minimum Gasteiger partial charge on any atom is -0.493 e. The predicted molar refractivity (Wildman–Crippen MR) is 192 cm³/mol. The third-order valence-corrected chi connectivity index (χ3v) is 8.80. The van der Waals surface area contributed by atoms with Crippen LogP contribution in [0.2, 0.25) is 0 Å². The zero-order valence-electron chi connectivity index (χ0n) is 29.3. The number of ether oxygens (including phenoxy) is 2. The van der Waals surface area contributed by atoms with Crippen molar-refractivity contribution < 1.29 is 22.6 Å². The SMILES string of the molecule is CCCCCCOc1cccc(C)c1-c1cc(C)c(-c2cc(C3=CC(C)=NC3)nc(-c3cc(C(F)(F)F)[nH]n3)c2)c(OCCCCCC)c1. The van der Waals surface area contributed by atoms with Crippen LogP contribution >= 0.6 is 0 Å². The van der Waals surface area contributed by atoms with E-state index in [9.17, 15) is 13.2 Å². The van der Waals surface area contributed by atoms with Gasteiger partial charge in [-0.25, -0.2) is 4.98 Å². The molecule has 4 aromatic rings. The zero-order chi connectivity index (χ0) is 35.0. The summed E-state index contributed by atoms with van der Waals surface area (Å²) in [5.74, 6) is 1.55. The number of aliphatic imine (C=N–C) groups is 1. The van der Waals surface area contributed by atoms with Gasteiger partial charge in [0.2, 0.25) is 0 Å². The number of halogens is 3. The van der Waals surface area contributed by atoms with Gasteiger partial charge >= 0.3 is 6.18 Å². The molecule has 0 aliphatic carbocycles. The average Bonchev–Trinajstić information content (AvgIpc) is 3.74. The fourth-order valence-electron chi connectivity index (χ4n) is 6.21. The number of aromatic amines is 1. The van der Waals surface area contributed by atoms with Gasteiger partial charge in [-0.15, -0.1) is 0 Å². The molecule has 3 heterocycles. The second kappa shape index (κ2) is 16.3. The first-order valence-corrected chi connectivity index (χ1v) is 17.5. The Kier molecular flexibility index (Phi) is 12.0. The smallest absolute Gasteiger partial charge is 0.432 e. The number of aryl methyl sites for hydroxylation is 2. The molecule has 9 heteroatoms. The predicted octanol–water partition coefficient (Wildman–Crippen LogP) is 11.2. The summed E-state index contributed by atoms with van der Waals surface area (Å²) in [4.78, 5) is 9.29. The first-order chi connectivity index (χ1) is 23.6. The molecule has 1 aliphatic heterocycles. The number of nitrogens with one attached hydrogen (secondary N) is 1. The van der Waals surface area contributed by atoms with E-state index in [0.717, 1.165) is 95.0 Å². The largest absolute Gasteiger partial charge is 0.493 e. The molecule has 0 atom stereocenters. The second-order valence-corrected chi connectivity index (χ2v) is 12.9. The quantitative estimate of drug-likeness (QED) is 0.120. The minimum absolute atomic E-state index is 0.114. The van der Waals surface area contributed by atoms with Crippen molar-refractivity contribution in [3.8, 4) is 45.1 Å². The molecule has 0 bridgehead atoms. The van der Waals surface area contributed by atoms with Gasteiger partial charge in [0.25, 0.3) is 0 Å². The number of alkyl halides is 3. The molecular formula is C40H47F3N4O2. The maximum atomic E-state index is 13.5. The lowest BCUT2D eigenvalue weighted by Crippen LogP contribution is -2.04. The van der Waals surface area contributed by atoms with Crippen molar-refractivity contribution in [1.29, 1.82) is 0 Å². The highest BCUT2D eigenvalue weighted by Gasteiger charge is 2.33. The van der Waals surface area contributed by atoms with E-state index in [0.29, 0.717) is 36.9 Å². The summed E-state index contributed by atoms with van der Waals surface area (Å²) in [5, 5.41) is 6.15. The Hall–Kier alpha value is -4.40. The Morgan fingerprint density at radius 1 is 0.714 bits per heavy atom. The summed E-state index contributed by atoms with van der Waals surface area (Å²) in [6.45, 7) is 12.1. The topological polar surface area (TPSA) is 72.4 Å². The molecular weight excluding hydrogens is 625 g/mol. The van der Waals surface area contributed by atoms with Gasteiger partial charge < -0.3 is 9.47 Å². The Balaban J connectivity index is 1.62. The molecule has 260 valence electrons. The number of hydrogen-bond acceptors (Lipinski definition) is 5. The van der Waals surface area contributed by atoms with Crippen molar-refractivity contribution in [2.45, 2.75) is 92.2 Å². The lowest BCUT2D eigenvalue weighted by molar-refractivity contribution is -0.141. The van der Waals surface area contributed by atoms with Crippen LogP contribution in [-0.2, 0) is 6.18 Å². The number of hydrogen-bond donors (Lipinski definition) is 1. The molecule has 1 N–H and O–H groups in total. The molecule has 49 heavy (non-hydrogen) atoms. The van der Waals surface area contributed by atoms with Gasteiger partial charge in [0, 0.05) is 22.4 Å². The van der Waals surface area contributed by atoms with Crippen LogP contribution in [-0.4, -0.2) is 40.7 Å². The van der Waals surface area contributed by atoms with E-state index in [1.165, 1.54) is 12.8 Å². The maximum Gasteiger partial charge on any atom is 0.432 e. The summed E-state index contributed by atoms with van der Waals surface area (Å²) >= 11 is 0. The van der Waals surface area contributed by atoms with Crippen LogP contribution in [0.1, 0.15) is 94.7 Å². The summed E-state index contributed by atoms with van der Waals surface area (Å²) in [6.07, 6.45) is 6.14. The number of rotatable bonds is 16. The molecule has 0 unspecified atom stereocenters. The van der Waals surface area contributed by atoms with Crippen LogP contribution in [0.4, 0.5) is 13.2 Å². The van der Waals surface area contributed by atoms with E-state index >= 15 is 0 Å². The summed E-state index contributed by atoms with van der Waals surface area (Å²) < 4.78 is 53.6. The highest BCUT2D eigenvalue weighted by atomic mass is 19.4. The molecule has 0 saturated carbocycles. The number of H-pyrrole nitrogens is 1. The molecule has 0 saturated heterocycles. The highest BCUT2D eigenvalue weighted by molar-refractivity contribution is 6.03.